The normalized spacial score (nSPS) is 29.1. The fraction of sp³-hybridized carbons (Fsp3) is 0.647. The maximum absolute atomic E-state index is 13.1. The first-order chi connectivity index (χ1) is 9.51. The van der Waals surface area contributed by atoms with Crippen LogP contribution in [-0.4, -0.2) is 18.7 Å². The lowest BCUT2D eigenvalue weighted by atomic mass is 9.61. The van der Waals surface area contributed by atoms with Gasteiger partial charge < -0.3 is 10.1 Å². The molecular formula is C17H26FNO. The van der Waals surface area contributed by atoms with Crippen molar-refractivity contribution in [1.82, 2.24) is 5.32 Å². The SMILES string of the molecule is CCCNC1CC(Oc2ccc(F)cc2C)C1(C)CC. The summed E-state index contributed by atoms with van der Waals surface area (Å²) in [6, 6.07) is 5.27. The summed E-state index contributed by atoms with van der Waals surface area (Å²) in [5.74, 6) is 0.606. The van der Waals surface area contributed by atoms with Crippen molar-refractivity contribution in [2.45, 2.75) is 59.1 Å². The van der Waals surface area contributed by atoms with Gasteiger partial charge in [0.1, 0.15) is 17.7 Å². The van der Waals surface area contributed by atoms with Gasteiger partial charge in [-0.2, -0.15) is 0 Å². The van der Waals surface area contributed by atoms with E-state index in [1.807, 2.05) is 6.92 Å². The highest BCUT2D eigenvalue weighted by molar-refractivity contribution is 5.33. The molecule has 0 amide bonds. The highest BCUT2D eigenvalue weighted by atomic mass is 19.1. The molecule has 0 heterocycles. The van der Waals surface area contributed by atoms with Gasteiger partial charge in [0.25, 0.3) is 0 Å². The molecule has 1 aliphatic carbocycles. The Labute approximate surface area is 121 Å². The molecule has 112 valence electrons. The van der Waals surface area contributed by atoms with Crippen molar-refractivity contribution >= 4 is 0 Å². The highest BCUT2D eigenvalue weighted by Gasteiger charge is 2.51. The van der Waals surface area contributed by atoms with E-state index < -0.39 is 0 Å². The fourth-order valence-corrected chi connectivity index (χ4v) is 3.01. The molecule has 1 fully saturated rings. The predicted octanol–water partition coefficient (Wildman–Crippen LogP) is 4.07. The van der Waals surface area contributed by atoms with Gasteiger partial charge in [-0.1, -0.05) is 20.8 Å². The lowest BCUT2D eigenvalue weighted by Crippen LogP contribution is -2.63. The maximum Gasteiger partial charge on any atom is 0.123 e. The van der Waals surface area contributed by atoms with Crippen molar-refractivity contribution in [3.05, 3.63) is 29.6 Å². The van der Waals surface area contributed by atoms with Crippen molar-refractivity contribution in [1.29, 1.82) is 0 Å². The number of rotatable bonds is 6. The minimum absolute atomic E-state index is 0.163. The van der Waals surface area contributed by atoms with Crippen LogP contribution in [-0.2, 0) is 0 Å². The second-order valence-electron chi connectivity index (χ2n) is 6.12. The molecule has 3 heteroatoms. The van der Waals surface area contributed by atoms with Crippen LogP contribution < -0.4 is 10.1 Å². The number of nitrogens with one attached hydrogen (secondary N) is 1. The van der Waals surface area contributed by atoms with E-state index in [0.29, 0.717) is 6.04 Å². The first-order valence-electron chi connectivity index (χ1n) is 7.67. The van der Waals surface area contributed by atoms with Gasteiger partial charge in [-0.05, 0) is 50.1 Å². The predicted molar refractivity (Wildman–Crippen MR) is 80.6 cm³/mol. The number of ether oxygens (including phenoxy) is 1. The van der Waals surface area contributed by atoms with E-state index in [9.17, 15) is 4.39 Å². The number of halogens is 1. The van der Waals surface area contributed by atoms with Crippen LogP contribution in [0.25, 0.3) is 0 Å². The van der Waals surface area contributed by atoms with E-state index in [-0.39, 0.29) is 17.3 Å². The minimum atomic E-state index is -0.204. The van der Waals surface area contributed by atoms with E-state index in [1.165, 1.54) is 12.1 Å². The van der Waals surface area contributed by atoms with Crippen LogP contribution in [0.5, 0.6) is 5.75 Å². The largest absolute Gasteiger partial charge is 0.489 e. The smallest absolute Gasteiger partial charge is 0.123 e. The van der Waals surface area contributed by atoms with E-state index >= 15 is 0 Å². The van der Waals surface area contributed by atoms with Gasteiger partial charge in [0.05, 0.1) is 0 Å². The second kappa shape index (κ2) is 6.13. The molecule has 1 aromatic carbocycles. The maximum atomic E-state index is 13.1. The Balaban J connectivity index is 2.03. The summed E-state index contributed by atoms with van der Waals surface area (Å²) in [7, 11) is 0. The van der Waals surface area contributed by atoms with E-state index in [0.717, 1.165) is 37.1 Å². The topological polar surface area (TPSA) is 21.3 Å². The van der Waals surface area contributed by atoms with E-state index in [4.69, 9.17) is 4.74 Å². The molecule has 0 radical (unpaired) electrons. The van der Waals surface area contributed by atoms with Gasteiger partial charge >= 0.3 is 0 Å². The van der Waals surface area contributed by atoms with Crippen LogP contribution in [0.2, 0.25) is 0 Å². The summed E-state index contributed by atoms with van der Waals surface area (Å²) < 4.78 is 19.3. The van der Waals surface area contributed by atoms with Crippen LogP contribution >= 0.6 is 0 Å². The van der Waals surface area contributed by atoms with Gasteiger partial charge in [0.2, 0.25) is 0 Å². The van der Waals surface area contributed by atoms with Crippen molar-refractivity contribution in [2.75, 3.05) is 6.54 Å². The molecule has 1 saturated carbocycles. The van der Waals surface area contributed by atoms with Gasteiger partial charge in [-0.25, -0.2) is 4.39 Å². The van der Waals surface area contributed by atoms with Crippen LogP contribution in [0.1, 0.15) is 45.6 Å². The van der Waals surface area contributed by atoms with Crippen molar-refractivity contribution in [2.24, 2.45) is 5.41 Å². The Hall–Kier alpha value is -1.09. The Bertz CT molecular complexity index is 462. The van der Waals surface area contributed by atoms with E-state index in [2.05, 4.69) is 26.1 Å². The monoisotopic (exact) mass is 279 g/mol. The summed E-state index contributed by atoms with van der Waals surface area (Å²) in [5.41, 5.74) is 1.03. The molecule has 2 nitrogen and oxygen atoms in total. The lowest BCUT2D eigenvalue weighted by Gasteiger charge is -2.53. The molecule has 0 saturated heterocycles. The number of aryl methyl sites for hydroxylation is 1. The number of hydrogen-bond donors (Lipinski definition) is 1. The fourth-order valence-electron chi connectivity index (χ4n) is 3.01. The highest BCUT2D eigenvalue weighted by Crippen LogP contribution is 2.46. The first kappa shape index (κ1) is 15.3. The van der Waals surface area contributed by atoms with Gasteiger partial charge in [-0.15, -0.1) is 0 Å². The van der Waals surface area contributed by atoms with Crippen molar-refractivity contribution < 1.29 is 9.13 Å². The van der Waals surface area contributed by atoms with Crippen LogP contribution in [0.4, 0.5) is 4.39 Å². The average molecular weight is 279 g/mol. The molecule has 0 bridgehead atoms. The molecule has 2 rings (SSSR count). The van der Waals surface area contributed by atoms with Gasteiger partial charge in [-0.3, -0.25) is 0 Å². The molecule has 3 unspecified atom stereocenters. The van der Waals surface area contributed by atoms with Gasteiger partial charge in [0, 0.05) is 17.9 Å². The van der Waals surface area contributed by atoms with Crippen LogP contribution in [0.15, 0.2) is 18.2 Å². The Morgan fingerprint density at radius 3 is 2.75 bits per heavy atom. The molecule has 3 atom stereocenters. The summed E-state index contributed by atoms with van der Waals surface area (Å²) in [4.78, 5) is 0. The Kier molecular flexibility index (Phi) is 4.69. The van der Waals surface area contributed by atoms with Crippen LogP contribution in [0, 0.1) is 18.2 Å². The van der Waals surface area contributed by atoms with Gasteiger partial charge in [0.15, 0.2) is 0 Å². The third-order valence-electron chi connectivity index (χ3n) is 4.79. The zero-order valence-corrected chi connectivity index (χ0v) is 13.0. The Morgan fingerprint density at radius 1 is 1.40 bits per heavy atom. The van der Waals surface area contributed by atoms with Crippen molar-refractivity contribution in [3.63, 3.8) is 0 Å². The molecule has 1 aromatic rings. The van der Waals surface area contributed by atoms with Crippen LogP contribution in [0.3, 0.4) is 0 Å². The molecule has 1 N–H and O–H groups in total. The summed E-state index contributed by atoms with van der Waals surface area (Å²) in [6.07, 6.45) is 3.48. The number of benzene rings is 1. The second-order valence-corrected chi connectivity index (χ2v) is 6.12. The average Bonchev–Trinajstić information content (AvgIpc) is 2.43. The number of hydrogen-bond acceptors (Lipinski definition) is 2. The zero-order valence-electron chi connectivity index (χ0n) is 13.0. The summed E-state index contributed by atoms with van der Waals surface area (Å²) in [5, 5.41) is 3.61. The Morgan fingerprint density at radius 2 is 2.15 bits per heavy atom. The molecule has 0 spiro atoms. The molecular weight excluding hydrogens is 253 g/mol. The van der Waals surface area contributed by atoms with E-state index in [1.54, 1.807) is 6.07 Å². The molecule has 1 aliphatic rings. The summed E-state index contributed by atoms with van der Waals surface area (Å²) >= 11 is 0. The molecule has 0 aliphatic heterocycles. The lowest BCUT2D eigenvalue weighted by molar-refractivity contribution is -0.0704. The molecule has 20 heavy (non-hydrogen) atoms. The first-order valence-corrected chi connectivity index (χ1v) is 7.67. The standard InChI is InChI=1S/C17H26FNO/c1-5-9-19-15-11-16(17(15,4)6-2)20-14-8-7-13(18)10-12(14)3/h7-8,10,15-16,19H,5-6,9,11H2,1-4H3. The minimum Gasteiger partial charge on any atom is -0.489 e. The molecule has 0 aromatic heterocycles. The zero-order chi connectivity index (χ0) is 14.8. The third kappa shape index (κ3) is 2.83. The quantitative estimate of drug-likeness (QED) is 0.847. The summed E-state index contributed by atoms with van der Waals surface area (Å²) in [6.45, 7) is 9.64. The van der Waals surface area contributed by atoms with Crippen molar-refractivity contribution in [3.8, 4) is 5.75 Å². The third-order valence-corrected chi connectivity index (χ3v) is 4.79.